The molecule has 0 rings (SSSR count). The van der Waals surface area contributed by atoms with Gasteiger partial charge in [0.1, 0.15) is 0 Å². The van der Waals surface area contributed by atoms with Gasteiger partial charge in [0.25, 0.3) is 0 Å². The third-order valence-corrected chi connectivity index (χ3v) is 11.3. The molecule has 0 fully saturated rings. The van der Waals surface area contributed by atoms with Gasteiger partial charge in [-0.05, 0) is 61.8 Å². The Morgan fingerprint density at radius 3 is 1.06 bits per heavy atom. The Balaban J connectivity index is 5.48. The minimum absolute atomic E-state index is 0.336. The topological polar surface area (TPSA) is 71.1 Å². The molecule has 0 unspecified atom stereocenters. The molecule has 0 heterocycles. The van der Waals surface area contributed by atoms with Crippen LogP contribution in [0, 0.1) is 0 Å². The lowest BCUT2D eigenvalue weighted by molar-refractivity contribution is 0.121. The van der Waals surface area contributed by atoms with Crippen LogP contribution in [0.15, 0.2) is 0 Å². The van der Waals surface area contributed by atoms with Crippen LogP contribution in [0.3, 0.4) is 0 Å². The minimum Gasteiger partial charge on any atom is -0.305 e. The molecule has 194 valence electrons. The van der Waals surface area contributed by atoms with Crippen LogP contribution in [0.1, 0.15) is 127 Å². The number of hydrogen-bond donors (Lipinski definition) is 0. The van der Waals surface area contributed by atoms with Gasteiger partial charge in [-0.25, -0.2) is 0 Å². The fourth-order valence-corrected chi connectivity index (χ4v) is 9.68. The second kappa shape index (κ2) is 16.8. The summed E-state index contributed by atoms with van der Waals surface area (Å²) in [6.45, 7) is 16.7. The lowest BCUT2D eigenvalue weighted by atomic mass is 10.1. The van der Waals surface area contributed by atoms with Gasteiger partial charge in [-0.3, -0.25) is 9.13 Å². The zero-order valence-corrected chi connectivity index (χ0v) is 24.1. The molecular weight excluding hydrogens is 446 g/mol. The molecule has 0 spiro atoms. The van der Waals surface area contributed by atoms with Gasteiger partial charge in [0.2, 0.25) is 0 Å². The van der Waals surface area contributed by atoms with Gasteiger partial charge in [0.05, 0.1) is 24.4 Å². The lowest BCUT2D eigenvalue weighted by Crippen LogP contribution is -2.23. The van der Waals surface area contributed by atoms with Crippen molar-refractivity contribution in [3.63, 3.8) is 0 Å². The highest BCUT2D eigenvalue weighted by Gasteiger charge is 2.52. The first-order valence-electron chi connectivity index (χ1n) is 12.8. The van der Waals surface area contributed by atoms with E-state index in [-0.39, 0.29) is 24.4 Å². The van der Waals surface area contributed by atoms with E-state index in [9.17, 15) is 9.13 Å². The Kier molecular flexibility index (Phi) is 17.0. The Morgan fingerprint density at radius 1 is 0.500 bits per heavy atom. The monoisotopic (exact) mass is 498 g/mol. The van der Waals surface area contributed by atoms with E-state index < -0.39 is 20.6 Å². The van der Waals surface area contributed by atoms with Crippen LogP contribution < -0.4 is 0 Å². The molecule has 0 aliphatic rings. The van der Waals surface area contributed by atoms with E-state index in [1.807, 2.05) is 55.4 Å². The zero-order valence-electron chi connectivity index (χ0n) is 22.3. The predicted molar refractivity (Wildman–Crippen MR) is 136 cm³/mol. The zero-order chi connectivity index (χ0) is 24.8. The molecule has 0 aliphatic heterocycles. The molecule has 0 saturated carbocycles. The number of unbranched alkanes of at least 4 members (excludes halogenated alkanes) is 8. The van der Waals surface area contributed by atoms with Gasteiger partial charge in [-0.15, -0.1) is 0 Å². The molecule has 0 bridgehead atoms. The summed E-state index contributed by atoms with van der Waals surface area (Å²) in [6, 6.07) is 0. The molecule has 0 amide bonds. The van der Waals surface area contributed by atoms with Crippen molar-refractivity contribution in [2.75, 3.05) is 0 Å². The molecular formula is C24H52O6P2. The van der Waals surface area contributed by atoms with Gasteiger partial charge in [-0.2, -0.15) is 0 Å². The normalized spacial score (nSPS) is 13.4. The van der Waals surface area contributed by atoms with Gasteiger partial charge >= 0.3 is 15.2 Å². The smallest absolute Gasteiger partial charge is 0.305 e. The van der Waals surface area contributed by atoms with Crippen molar-refractivity contribution in [1.82, 2.24) is 0 Å². The summed E-state index contributed by atoms with van der Waals surface area (Å²) >= 11 is 0. The average molecular weight is 499 g/mol. The minimum atomic E-state index is -3.76. The van der Waals surface area contributed by atoms with Crippen molar-refractivity contribution < 1.29 is 27.2 Å². The van der Waals surface area contributed by atoms with E-state index in [1.165, 1.54) is 38.5 Å². The summed E-state index contributed by atoms with van der Waals surface area (Å²) in [5, 5.41) is -0.936. The van der Waals surface area contributed by atoms with Crippen molar-refractivity contribution in [1.29, 1.82) is 0 Å². The van der Waals surface area contributed by atoms with E-state index >= 15 is 0 Å². The average Bonchev–Trinajstić information content (AvgIpc) is 2.60. The second-order valence-electron chi connectivity index (χ2n) is 9.79. The molecule has 6 nitrogen and oxygen atoms in total. The quantitative estimate of drug-likeness (QED) is 0.123. The van der Waals surface area contributed by atoms with Gasteiger partial charge in [0.15, 0.2) is 5.40 Å². The Hall–Kier alpha value is 0.300. The van der Waals surface area contributed by atoms with Crippen LogP contribution >= 0.6 is 15.2 Å². The molecule has 32 heavy (non-hydrogen) atoms. The van der Waals surface area contributed by atoms with Crippen molar-refractivity contribution in [2.45, 2.75) is 156 Å². The second-order valence-corrected chi connectivity index (χ2v) is 14.5. The van der Waals surface area contributed by atoms with Crippen molar-refractivity contribution >= 4 is 15.2 Å². The summed E-state index contributed by atoms with van der Waals surface area (Å²) in [7, 11) is -7.53. The highest BCUT2D eigenvalue weighted by molar-refractivity contribution is 7.72. The van der Waals surface area contributed by atoms with Crippen LogP contribution in [-0.2, 0) is 27.2 Å². The summed E-state index contributed by atoms with van der Waals surface area (Å²) < 4.78 is 51.5. The maximum Gasteiger partial charge on any atom is 0.346 e. The molecule has 0 aromatic carbocycles. The van der Waals surface area contributed by atoms with E-state index in [4.69, 9.17) is 18.1 Å². The molecule has 0 radical (unpaired) electrons. The van der Waals surface area contributed by atoms with Gasteiger partial charge in [0, 0.05) is 0 Å². The molecule has 0 saturated heterocycles. The maximum atomic E-state index is 14.0. The summed E-state index contributed by atoms with van der Waals surface area (Å²) in [4.78, 5) is 0. The van der Waals surface area contributed by atoms with Gasteiger partial charge in [-0.1, -0.05) is 64.7 Å². The summed E-state index contributed by atoms with van der Waals surface area (Å²) in [5.74, 6) is 0. The van der Waals surface area contributed by atoms with Crippen molar-refractivity contribution in [2.24, 2.45) is 0 Å². The first-order chi connectivity index (χ1) is 14.9. The molecule has 0 aromatic heterocycles. The third kappa shape index (κ3) is 13.9. The maximum absolute atomic E-state index is 14.0. The standard InChI is InChI=1S/C24H52O6P2/c1-10-11-12-13-14-15-16-17-18-19-24(31(25,27-20(2)3)28-21(4)5)32(26,29-22(6)7)30-23(8)9/h20-24H,10-19H2,1-9H3. The van der Waals surface area contributed by atoms with Crippen LogP contribution in [0.5, 0.6) is 0 Å². The van der Waals surface area contributed by atoms with Crippen LogP contribution in [0.25, 0.3) is 0 Å². The Bertz CT molecular complexity index is 497. The summed E-state index contributed by atoms with van der Waals surface area (Å²) in [5.41, 5.74) is 0. The lowest BCUT2D eigenvalue weighted by Gasteiger charge is -2.35. The molecule has 8 heteroatoms. The Morgan fingerprint density at radius 2 is 0.781 bits per heavy atom. The highest BCUT2D eigenvalue weighted by atomic mass is 31.2. The number of rotatable bonds is 20. The first kappa shape index (κ1) is 32.3. The first-order valence-corrected chi connectivity index (χ1v) is 16.0. The molecule has 0 atom stereocenters. The Labute approximate surface area is 199 Å². The fraction of sp³-hybridized carbons (Fsp3) is 1.00. The van der Waals surface area contributed by atoms with E-state index in [0.717, 1.165) is 19.3 Å². The van der Waals surface area contributed by atoms with Gasteiger partial charge < -0.3 is 18.1 Å². The number of hydrogen-bond acceptors (Lipinski definition) is 6. The molecule has 0 aliphatic carbocycles. The molecule has 0 aromatic rings. The summed E-state index contributed by atoms with van der Waals surface area (Å²) in [6.07, 6.45) is 9.55. The van der Waals surface area contributed by atoms with E-state index in [1.54, 1.807) is 0 Å². The van der Waals surface area contributed by atoms with E-state index in [2.05, 4.69) is 6.92 Å². The fourth-order valence-electron chi connectivity index (χ4n) is 3.63. The van der Waals surface area contributed by atoms with Crippen LogP contribution in [-0.4, -0.2) is 29.8 Å². The van der Waals surface area contributed by atoms with Crippen LogP contribution in [0.2, 0.25) is 0 Å². The largest absolute Gasteiger partial charge is 0.346 e. The van der Waals surface area contributed by atoms with E-state index in [0.29, 0.717) is 6.42 Å². The third-order valence-electron chi connectivity index (χ3n) is 4.73. The van der Waals surface area contributed by atoms with Crippen molar-refractivity contribution in [3.8, 4) is 0 Å². The SMILES string of the molecule is CCCCCCCCCCCC(P(=O)(OC(C)C)OC(C)C)P(=O)(OC(C)C)OC(C)C. The van der Waals surface area contributed by atoms with Crippen molar-refractivity contribution in [3.05, 3.63) is 0 Å². The predicted octanol–water partition coefficient (Wildman–Crippen LogP) is 9.32. The highest BCUT2D eigenvalue weighted by Crippen LogP contribution is 2.73. The van der Waals surface area contributed by atoms with Crippen LogP contribution in [0.4, 0.5) is 0 Å². The molecule has 0 N–H and O–H groups in total.